The van der Waals surface area contributed by atoms with Crippen molar-refractivity contribution in [3.8, 4) is 0 Å². The molecule has 3 heteroatoms. The van der Waals surface area contributed by atoms with E-state index in [4.69, 9.17) is 5.73 Å². The quantitative estimate of drug-likeness (QED) is 0.743. The van der Waals surface area contributed by atoms with Gasteiger partial charge in [-0.25, -0.2) is 4.39 Å². The van der Waals surface area contributed by atoms with Gasteiger partial charge in [-0.05, 0) is 24.0 Å². The van der Waals surface area contributed by atoms with Crippen LogP contribution in [0.4, 0.5) is 10.1 Å². The molecule has 2 N–H and O–H groups in total. The number of nitrogen functional groups attached to an aromatic ring is 1. The second-order valence-electron chi connectivity index (χ2n) is 2.29. The molecule has 0 saturated carbocycles. The summed E-state index contributed by atoms with van der Waals surface area (Å²) in [5.41, 5.74) is 6.50. The van der Waals surface area contributed by atoms with Gasteiger partial charge in [0.1, 0.15) is 5.82 Å². The molecule has 1 nitrogen and oxygen atoms in total. The summed E-state index contributed by atoms with van der Waals surface area (Å²) >= 11 is 1.66. The van der Waals surface area contributed by atoms with Gasteiger partial charge in [0.25, 0.3) is 0 Å². The first-order valence-corrected chi connectivity index (χ1v) is 5.66. The van der Waals surface area contributed by atoms with Gasteiger partial charge in [-0.15, -0.1) is 0 Å². The number of hydrogen-bond acceptors (Lipinski definition) is 2. The van der Waals surface area contributed by atoms with Crippen LogP contribution in [-0.4, -0.2) is 6.26 Å². The standard InChI is InChI=1S/C8H10FNS.C2H6/c1-11-5-6-2-3-8(10)7(9)4-6;1-2/h2-4H,5,10H2,1H3;1-2H3. The fourth-order valence-electron chi connectivity index (χ4n) is 0.827. The molecule has 1 aromatic carbocycles. The SMILES string of the molecule is CC.CSCc1ccc(N)c(F)c1. The zero-order valence-electron chi connectivity index (χ0n) is 8.30. The summed E-state index contributed by atoms with van der Waals surface area (Å²) in [6.07, 6.45) is 1.98. The maximum Gasteiger partial charge on any atom is 0.146 e. The van der Waals surface area contributed by atoms with Crippen molar-refractivity contribution in [3.63, 3.8) is 0 Å². The molecule has 13 heavy (non-hydrogen) atoms. The Balaban J connectivity index is 0.000000671. The van der Waals surface area contributed by atoms with E-state index in [1.165, 1.54) is 6.07 Å². The number of thioether (sulfide) groups is 1. The molecule has 0 aromatic heterocycles. The first-order chi connectivity index (χ1) is 6.24. The number of halogens is 1. The average Bonchev–Trinajstić information content (AvgIpc) is 2.15. The molecule has 1 rings (SSSR count). The van der Waals surface area contributed by atoms with E-state index >= 15 is 0 Å². The third-order valence-electron chi connectivity index (χ3n) is 1.38. The van der Waals surface area contributed by atoms with E-state index in [9.17, 15) is 4.39 Å². The van der Waals surface area contributed by atoms with Gasteiger partial charge in [0, 0.05) is 5.75 Å². The highest BCUT2D eigenvalue weighted by Crippen LogP contribution is 2.15. The van der Waals surface area contributed by atoms with Crippen LogP contribution in [0.25, 0.3) is 0 Å². The normalized spacial score (nSPS) is 8.92. The third-order valence-corrected chi connectivity index (χ3v) is 2.00. The van der Waals surface area contributed by atoms with Crippen LogP contribution in [-0.2, 0) is 5.75 Å². The maximum absolute atomic E-state index is 12.8. The molecule has 0 heterocycles. The molecule has 74 valence electrons. The highest BCUT2D eigenvalue weighted by molar-refractivity contribution is 7.97. The minimum atomic E-state index is -0.323. The van der Waals surface area contributed by atoms with Crippen LogP contribution in [0.15, 0.2) is 18.2 Å². The minimum Gasteiger partial charge on any atom is -0.396 e. The molecule has 0 aliphatic rings. The highest BCUT2D eigenvalue weighted by Gasteiger charge is 1.98. The van der Waals surface area contributed by atoms with Gasteiger partial charge < -0.3 is 5.73 Å². The summed E-state index contributed by atoms with van der Waals surface area (Å²) in [7, 11) is 0. The third kappa shape index (κ3) is 4.18. The van der Waals surface area contributed by atoms with E-state index in [1.807, 2.05) is 26.2 Å². The smallest absolute Gasteiger partial charge is 0.146 e. The lowest BCUT2D eigenvalue weighted by molar-refractivity contribution is 0.631. The van der Waals surface area contributed by atoms with Gasteiger partial charge in [-0.1, -0.05) is 19.9 Å². The summed E-state index contributed by atoms with van der Waals surface area (Å²) in [6.45, 7) is 4.00. The Labute approximate surface area is 83.5 Å². The summed E-state index contributed by atoms with van der Waals surface area (Å²) in [5, 5.41) is 0. The molecule has 0 radical (unpaired) electrons. The molecule has 0 aliphatic heterocycles. The lowest BCUT2D eigenvalue weighted by Gasteiger charge is -1.99. The Morgan fingerprint density at radius 2 is 2.00 bits per heavy atom. The van der Waals surface area contributed by atoms with Crippen molar-refractivity contribution in [2.45, 2.75) is 19.6 Å². The number of benzene rings is 1. The van der Waals surface area contributed by atoms with Crippen LogP contribution in [0.5, 0.6) is 0 Å². The van der Waals surface area contributed by atoms with Crippen molar-refractivity contribution in [1.29, 1.82) is 0 Å². The lowest BCUT2D eigenvalue weighted by Crippen LogP contribution is -1.91. The van der Waals surface area contributed by atoms with E-state index in [2.05, 4.69) is 0 Å². The lowest BCUT2D eigenvalue weighted by atomic mass is 10.2. The second kappa shape index (κ2) is 6.78. The molecule has 0 bridgehead atoms. The fraction of sp³-hybridized carbons (Fsp3) is 0.400. The molecule has 0 saturated heterocycles. The monoisotopic (exact) mass is 201 g/mol. The van der Waals surface area contributed by atoms with Gasteiger partial charge in [-0.2, -0.15) is 11.8 Å². The van der Waals surface area contributed by atoms with Crippen molar-refractivity contribution < 1.29 is 4.39 Å². The minimum absolute atomic E-state index is 0.217. The van der Waals surface area contributed by atoms with E-state index < -0.39 is 0 Å². The number of hydrogen-bond donors (Lipinski definition) is 1. The first-order valence-electron chi connectivity index (χ1n) is 4.27. The summed E-state index contributed by atoms with van der Waals surface area (Å²) in [5.74, 6) is 0.508. The molecule has 0 atom stereocenters. The number of anilines is 1. The van der Waals surface area contributed by atoms with Gasteiger partial charge in [0.2, 0.25) is 0 Å². The average molecular weight is 201 g/mol. The van der Waals surface area contributed by atoms with Crippen molar-refractivity contribution in [3.05, 3.63) is 29.6 Å². The van der Waals surface area contributed by atoms with E-state index in [-0.39, 0.29) is 11.5 Å². The summed E-state index contributed by atoms with van der Waals surface area (Å²) < 4.78 is 12.8. The van der Waals surface area contributed by atoms with Crippen molar-refractivity contribution >= 4 is 17.4 Å². The molecule has 0 fully saturated rings. The molecule has 1 aromatic rings. The van der Waals surface area contributed by atoms with Crippen LogP contribution in [0.3, 0.4) is 0 Å². The first kappa shape index (κ1) is 12.3. The fourth-order valence-corrected chi connectivity index (χ4v) is 1.34. The van der Waals surface area contributed by atoms with Crippen LogP contribution < -0.4 is 5.73 Å². The van der Waals surface area contributed by atoms with E-state index in [0.717, 1.165) is 11.3 Å². The van der Waals surface area contributed by atoms with Crippen LogP contribution in [0, 0.1) is 5.82 Å². The Kier molecular flexibility index (Phi) is 6.41. The highest BCUT2D eigenvalue weighted by atomic mass is 32.2. The van der Waals surface area contributed by atoms with Crippen molar-refractivity contribution in [2.75, 3.05) is 12.0 Å². The molecular formula is C10H16FNS. The van der Waals surface area contributed by atoms with Crippen LogP contribution in [0.1, 0.15) is 19.4 Å². The number of rotatable bonds is 2. The Morgan fingerprint density at radius 1 is 1.38 bits per heavy atom. The Bertz CT molecular complexity index is 251. The zero-order valence-corrected chi connectivity index (χ0v) is 9.12. The second-order valence-corrected chi connectivity index (χ2v) is 3.15. The predicted octanol–water partition coefficient (Wildman–Crippen LogP) is 3.30. The van der Waals surface area contributed by atoms with Crippen LogP contribution >= 0.6 is 11.8 Å². The van der Waals surface area contributed by atoms with E-state index in [1.54, 1.807) is 17.8 Å². The van der Waals surface area contributed by atoms with Crippen molar-refractivity contribution in [2.24, 2.45) is 0 Å². The predicted molar refractivity (Wildman–Crippen MR) is 59.4 cm³/mol. The molecule has 0 aliphatic carbocycles. The molecular weight excluding hydrogens is 185 g/mol. The largest absolute Gasteiger partial charge is 0.396 e. The summed E-state index contributed by atoms with van der Waals surface area (Å²) in [6, 6.07) is 4.92. The van der Waals surface area contributed by atoms with Gasteiger partial charge in [0.05, 0.1) is 5.69 Å². The van der Waals surface area contributed by atoms with Crippen molar-refractivity contribution in [1.82, 2.24) is 0 Å². The Hall–Kier alpha value is -0.700. The summed E-state index contributed by atoms with van der Waals surface area (Å²) in [4.78, 5) is 0. The van der Waals surface area contributed by atoms with Crippen LogP contribution in [0.2, 0.25) is 0 Å². The molecule has 0 spiro atoms. The van der Waals surface area contributed by atoms with Gasteiger partial charge in [0.15, 0.2) is 0 Å². The zero-order chi connectivity index (χ0) is 10.3. The topological polar surface area (TPSA) is 26.0 Å². The van der Waals surface area contributed by atoms with Gasteiger partial charge >= 0.3 is 0 Å². The van der Waals surface area contributed by atoms with E-state index in [0.29, 0.717) is 0 Å². The molecule has 0 amide bonds. The molecule has 0 unspecified atom stereocenters. The maximum atomic E-state index is 12.8. The number of nitrogens with two attached hydrogens (primary N) is 1. The Morgan fingerprint density at radius 3 is 2.46 bits per heavy atom. The van der Waals surface area contributed by atoms with Gasteiger partial charge in [-0.3, -0.25) is 0 Å².